The number of hydrogen-bond acceptors (Lipinski definition) is 3. The SMILES string of the molecule is N#CCC1=C(P)C(C#N)C(C#N)C(F)=C1F. The van der Waals surface area contributed by atoms with Gasteiger partial charge in [-0.2, -0.15) is 15.8 Å². The fourth-order valence-electron chi connectivity index (χ4n) is 1.45. The molecule has 0 fully saturated rings. The van der Waals surface area contributed by atoms with E-state index in [1.54, 1.807) is 18.2 Å². The topological polar surface area (TPSA) is 71.4 Å². The van der Waals surface area contributed by atoms with Crippen molar-refractivity contribution in [2.75, 3.05) is 0 Å². The van der Waals surface area contributed by atoms with Crippen molar-refractivity contribution >= 4 is 9.24 Å². The molecule has 0 radical (unpaired) electrons. The number of allylic oxidation sites excluding steroid dienone is 4. The second-order valence-corrected chi connectivity index (χ2v) is 3.77. The Kier molecular flexibility index (Phi) is 3.73. The van der Waals surface area contributed by atoms with E-state index < -0.39 is 23.5 Å². The monoisotopic (exact) mass is 237 g/mol. The maximum Gasteiger partial charge on any atom is 0.160 e. The summed E-state index contributed by atoms with van der Waals surface area (Å²) in [6.45, 7) is 0. The van der Waals surface area contributed by atoms with Gasteiger partial charge in [0.15, 0.2) is 11.7 Å². The van der Waals surface area contributed by atoms with Crippen molar-refractivity contribution in [3.63, 3.8) is 0 Å². The van der Waals surface area contributed by atoms with Gasteiger partial charge in [0.05, 0.1) is 30.5 Å². The Hall–Kier alpha value is -1.76. The largest absolute Gasteiger partial charge is 0.207 e. The first-order valence-electron chi connectivity index (χ1n) is 4.28. The van der Waals surface area contributed by atoms with Gasteiger partial charge in [0.1, 0.15) is 5.92 Å². The lowest BCUT2D eigenvalue weighted by molar-refractivity contribution is 0.431. The van der Waals surface area contributed by atoms with Crippen molar-refractivity contribution < 1.29 is 8.78 Å². The van der Waals surface area contributed by atoms with Crippen LogP contribution in [0.3, 0.4) is 0 Å². The Bertz CT molecular complexity index is 502. The van der Waals surface area contributed by atoms with Crippen LogP contribution in [0, 0.1) is 45.8 Å². The van der Waals surface area contributed by atoms with Gasteiger partial charge in [-0.15, -0.1) is 9.24 Å². The molecule has 0 aromatic heterocycles. The number of nitriles is 3. The maximum atomic E-state index is 13.4. The van der Waals surface area contributed by atoms with E-state index in [1.165, 1.54) is 0 Å². The Labute approximate surface area is 93.5 Å². The summed E-state index contributed by atoms with van der Waals surface area (Å²) in [5.41, 5.74) is -0.150. The molecule has 1 rings (SSSR count). The Morgan fingerprint density at radius 3 is 2.12 bits per heavy atom. The molecule has 1 aliphatic carbocycles. The molecule has 0 N–H and O–H groups in total. The smallest absolute Gasteiger partial charge is 0.160 e. The molecule has 3 unspecified atom stereocenters. The van der Waals surface area contributed by atoms with E-state index >= 15 is 0 Å². The third-order valence-corrected chi connectivity index (χ3v) is 3.01. The summed E-state index contributed by atoms with van der Waals surface area (Å²) in [5.74, 6) is -4.94. The van der Waals surface area contributed by atoms with Gasteiger partial charge in [0, 0.05) is 5.57 Å². The molecule has 0 amide bonds. The van der Waals surface area contributed by atoms with Crippen LogP contribution >= 0.6 is 9.24 Å². The Balaban J connectivity index is 3.37. The first-order chi connectivity index (χ1) is 7.58. The molecule has 0 spiro atoms. The first kappa shape index (κ1) is 12.3. The molecule has 0 bridgehead atoms. The van der Waals surface area contributed by atoms with Crippen LogP contribution in [0.15, 0.2) is 22.5 Å². The molecule has 0 aromatic rings. The zero-order chi connectivity index (χ0) is 12.3. The molecule has 0 aliphatic heterocycles. The first-order valence-corrected chi connectivity index (χ1v) is 4.86. The molecule has 1 aliphatic rings. The Morgan fingerprint density at radius 1 is 1.12 bits per heavy atom. The highest BCUT2D eigenvalue weighted by Gasteiger charge is 2.37. The van der Waals surface area contributed by atoms with Crippen LogP contribution in [0.2, 0.25) is 0 Å². The highest BCUT2D eigenvalue weighted by Crippen LogP contribution is 2.43. The zero-order valence-electron chi connectivity index (χ0n) is 8.04. The minimum Gasteiger partial charge on any atom is -0.207 e. The fourth-order valence-corrected chi connectivity index (χ4v) is 1.95. The number of halogens is 2. The van der Waals surface area contributed by atoms with Crippen LogP contribution in [0.5, 0.6) is 0 Å². The molecule has 0 heterocycles. The lowest BCUT2D eigenvalue weighted by Crippen LogP contribution is -2.19. The predicted octanol–water partition coefficient (Wildman–Crippen LogP) is 2.47. The summed E-state index contributed by atoms with van der Waals surface area (Å²) < 4.78 is 26.9. The molecule has 16 heavy (non-hydrogen) atoms. The van der Waals surface area contributed by atoms with Gasteiger partial charge in [-0.25, -0.2) is 8.78 Å². The summed E-state index contributed by atoms with van der Waals surface area (Å²) in [6.07, 6.45) is -0.325. The van der Waals surface area contributed by atoms with Gasteiger partial charge in [-0.1, -0.05) is 0 Å². The summed E-state index contributed by atoms with van der Waals surface area (Å²) in [4.78, 5) is 0. The van der Waals surface area contributed by atoms with Crippen molar-refractivity contribution in [1.29, 1.82) is 15.8 Å². The lowest BCUT2D eigenvalue weighted by atomic mass is 9.85. The van der Waals surface area contributed by atoms with E-state index in [-0.39, 0.29) is 17.3 Å². The summed E-state index contributed by atoms with van der Waals surface area (Å²) in [5, 5.41) is 26.1. The molecule has 3 nitrogen and oxygen atoms in total. The van der Waals surface area contributed by atoms with Gasteiger partial charge >= 0.3 is 0 Å². The van der Waals surface area contributed by atoms with E-state index in [0.717, 1.165) is 0 Å². The van der Waals surface area contributed by atoms with Crippen molar-refractivity contribution in [2.24, 2.45) is 11.8 Å². The lowest BCUT2D eigenvalue weighted by Gasteiger charge is -2.22. The number of nitrogens with zero attached hydrogens (tertiary/aromatic N) is 3. The second-order valence-electron chi connectivity index (χ2n) is 3.14. The second kappa shape index (κ2) is 4.84. The predicted molar refractivity (Wildman–Crippen MR) is 54.4 cm³/mol. The minimum atomic E-state index is -1.43. The summed E-state index contributed by atoms with van der Waals surface area (Å²) >= 11 is 0. The molecule has 80 valence electrons. The van der Waals surface area contributed by atoms with Crippen LogP contribution in [0.4, 0.5) is 8.78 Å². The third kappa shape index (κ3) is 1.81. The number of hydrogen-bond donors (Lipinski definition) is 0. The normalized spacial score (nSPS) is 24.8. The van der Waals surface area contributed by atoms with E-state index in [1.807, 2.05) is 0 Å². The summed E-state index contributed by atoms with van der Waals surface area (Å²) in [6, 6.07) is 4.99. The molecule has 0 saturated heterocycles. The quantitative estimate of drug-likeness (QED) is 0.657. The van der Waals surface area contributed by atoms with E-state index in [9.17, 15) is 8.78 Å². The minimum absolute atomic E-state index is 0.150. The molecule has 6 heteroatoms. The highest BCUT2D eigenvalue weighted by atomic mass is 31.0. The Morgan fingerprint density at radius 2 is 1.69 bits per heavy atom. The standard InChI is InChI=1S/C10H6F2N3P/c11-8-5(1-2-13)10(16)7(4-15)6(3-14)9(8)12/h6-7H,1,16H2. The van der Waals surface area contributed by atoms with Crippen LogP contribution in [-0.2, 0) is 0 Å². The van der Waals surface area contributed by atoms with Gasteiger partial charge in [0.2, 0.25) is 0 Å². The highest BCUT2D eigenvalue weighted by molar-refractivity contribution is 7.22. The van der Waals surface area contributed by atoms with E-state index in [0.29, 0.717) is 0 Å². The van der Waals surface area contributed by atoms with Gasteiger partial charge < -0.3 is 0 Å². The van der Waals surface area contributed by atoms with Crippen LogP contribution in [-0.4, -0.2) is 0 Å². The zero-order valence-corrected chi connectivity index (χ0v) is 9.19. The van der Waals surface area contributed by atoms with Crippen LogP contribution < -0.4 is 0 Å². The average molecular weight is 237 g/mol. The van der Waals surface area contributed by atoms with Crippen LogP contribution in [0.25, 0.3) is 0 Å². The molecule has 0 saturated carbocycles. The van der Waals surface area contributed by atoms with Crippen molar-refractivity contribution in [3.05, 3.63) is 22.5 Å². The fraction of sp³-hybridized carbons (Fsp3) is 0.300. The maximum absolute atomic E-state index is 13.4. The summed E-state index contributed by atoms with van der Waals surface area (Å²) in [7, 11) is 2.11. The van der Waals surface area contributed by atoms with Crippen molar-refractivity contribution in [3.8, 4) is 18.2 Å². The average Bonchev–Trinajstić information content (AvgIpc) is 2.29. The van der Waals surface area contributed by atoms with E-state index in [2.05, 4.69) is 9.24 Å². The molecule has 0 aromatic carbocycles. The van der Waals surface area contributed by atoms with E-state index in [4.69, 9.17) is 15.8 Å². The van der Waals surface area contributed by atoms with Gasteiger partial charge in [-0.3, -0.25) is 0 Å². The van der Waals surface area contributed by atoms with Crippen molar-refractivity contribution in [1.82, 2.24) is 0 Å². The van der Waals surface area contributed by atoms with Crippen molar-refractivity contribution in [2.45, 2.75) is 6.42 Å². The third-order valence-electron chi connectivity index (χ3n) is 2.30. The molecular formula is C10H6F2N3P. The number of rotatable bonds is 1. The van der Waals surface area contributed by atoms with Gasteiger partial charge in [-0.05, 0) is 5.31 Å². The molecular weight excluding hydrogens is 231 g/mol. The van der Waals surface area contributed by atoms with Crippen LogP contribution in [0.1, 0.15) is 6.42 Å². The van der Waals surface area contributed by atoms with Gasteiger partial charge in [0.25, 0.3) is 0 Å². The molecule has 3 atom stereocenters.